The zero-order valence-electron chi connectivity index (χ0n) is 17.4. The Morgan fingerprint density at radius 2 is 1.93 bits per heavy atom. The molecule has 0 bridgehead atoms. The van der Waals surface area contributed by atoms with Crippen molar-refractivity contribution in [2.75, 3.05) is 20.3 Å². The van der Waals surface area contributed by atoms with Crippen molar-refractivity contribution in [2.45, 2.75) is 27.0 Å². The fraction of sp³-hybridized carbons (Fsp3) is 0.304. The third-order valence-corrected chi connectivity index (χ3v) is 5.67. The summed E-state index contributed by atoms with van der Waals surface area (Å²) < 4.78 is 24.2. The van der Waals surface area contributed by atoms with Gasteiger partial charge in [-0.1, -0.05) is 12.1 Å². The number of hydrogen-bond acceptors (Lipinski definition) is 5. The van der Waals surface area contributed by atoms with Crippen LogP contribution in [0.3, 0.4) is 0 Å². The van der Waals surface area contributed by atoms with Crippen molar-refractivity contribution in [2.24, 2.45) is 0 Å². The smallest absolute Gasteiger partial charge is 0.254 e. The number of aryl methyl sites for hydroxylation is 1. The fourth-order valence-electron chi connectivity index (χ4n) is 2.93. The molecule has 0 saturated heterocycles. The second-order valence-electron chi connectivity index (χ2n) is 6.95. The number of carbonyl (C=O) groups excluding carboxylic acids is 1. The van der Waals surface area contributed by atoms with Crippen molar-refractivity contribution >= 4 is 17.2 Å². The molecule has 1 heterocycles. The lowest BCUT2D eigenvalue weighted by molar-refractivity contribution is 0.0678. The van der Waals surface area contributed by atoms with Gasteiger partial charge in [0.25, 0.3) is 5.91 Å². The van der Waals surface area contributed by atoms with E-state index in [1.165, 1.54) is 41.2 Å². The van der Waals surface area contributed by atoms with Crippen LogP contribution < -0.4 is 4.74 Å². The first-order chi connectivity index (χ1) is 14.5. The lowest BCUT2D eigenvalue weighted by Crippen LogP contribution is -2.33. The maximum absolute atomic E-state index is 13.2. The number of thiazole rings is 1. The van der Waals surface area contributed by atoms with Crippen molar-refractivity contribution < 1.29 is 18.7 Å². The van der Waals surface area contributed by atoms with E-state index in [-0.39, 0.29) is 11.7 Å². The first-order valence-electron chi connectivity index (χ1n) is 9.64. The van der Waals surface area contributed by atoms with Gasteiger partial charge in [-0.05, 0) is 55.3 Å². The molecule has 0 aliphatic rings. The summed E-state index contributed by atoms with van der Waals surface area (Å²) in [4.78, 5) is 19.1. The Morgan fingerprint density at radius 1 is 1.17 bits per heavy atom. The highest BCUT2D eigenvalue weighted by atomic mass is 32.1. The minimum atomic E-state index is -0.372. The lowest BCUT2D eigenvalue weighted by atomic mass is 10.1. The molecule has 2 aromatic carbocycles. The number of amides is 1. The minimum Gasteiger partial charge on any atom is -0.486 e. The molecule has 0 saturated carbocycles. The summed E-state index contributed by atoms with van der Waals surface area (Å²) in [6, 6.07) is 11.5. The highest BCUT2D eigenvalue weighted by molar-refractivity contribution is 7.09. The van der Waals surface area contributed by atoms with E-state index in [1.807, 2.05) is 24.4 Å². The highest BCUT2D eigenvalue weighted by Gasteiger charge is 2.18. The van der Waals surface area contributed by atoms with Gasteiger partial charge in [-0.2, -0.15) is 0 Å². The molecule has 0 radical (unpaired) electrons. The van der Waals surface area contributed by atoms with E-state index >= 15 is 0 Å². The topological polar surface area (TPSA) is 51.7 Å². The second-order valence-corrected chi connectivity index (χ2v) is 7.89. The number of benzene rings is 2. The maximum atomic E-state index is 13.2. The summed E-state index contributed by atoms with van der Waals surface area (Å²) in [5.74, 6) is 0.288. The van der Waals surface area contributed by atoms with E-state index < -0.39 is 0 Å². The van der Waals surface area contributed by atoms with E-state index in [0.29, 0.717) is 31.9 Å². The number of halogens is 1. The lowest BCUT2D eigenvalue weighted by Gasteiger charge is -2.21. The molecule has 7 heteroatoms. The van der Waals surface area contributed by atoms with Gasteiger partial charge in [0, 0.05) is 24.6 Å². The average molecular weight is 429 g/mol. The van der Waals surface area contributed by atoms with E-state index in [2.05, 4.69) is 18.0 Å². The predicted molar refractivity (Wildman–Crippen MR) is 115 cm³/mol. The molecule has 3 aromatic rings. The third kappa shape index (κ3) is 5.64. The van der Waals surface area contributed by atoms with Crippen LogP contribution in [0, 0.1) is 19.7 Å². The molecule has 3 rings (SSSR count). The second kappa shape index (κ2) is 10.3. The standard InChI is InChI=1S/C23H25FN2O3S/c1-16-5-4-6-21(17(16)2)29-14-22-25-20(15-30-22)13-26(11-12-28-3)23(27)18-7-9-19(24)10-8-18/h4-10,15H,11-14H2,1-3H3. The summed E-state index contributed by atoms with van der Waals surface area (Å²) in [6.07, 6.45) is 0. The number of methoxy groups -OCH3 is 1. The molecule has 1 amide bonds. The van der Waals surface area contributed by atoms with E-state index in [4.69, 9.17) is 9.47 Å². The maximum Gasteiger partial charge on any atom is 0.254 e. The normalized spacial score (nSPS) is 10.8. The van der Waals surface area contributed by atoms with Gasteiger partial charge in [0.1, 0.15) is 23.2 Å². The van der Waals surface area contributed by atoms with Crippen LogP contribution in [-0.4, -0.2) is 36.1 Å². The third-order valence-electron chi connectivity index (χ3n) is 4.80. The summed E-state index contributed by atoms with van der Waals surface area (Å²) in [5.41, 5.74) is 3.51. The number of carbonyl (C=O) groups is 1. The first kappa shape index (κ1) is 21.9. The van der Waals surface area contributed by atoms with Crippen LogP contribution in [0.1, 0.15) is 32.2 Å². The first-order valence-corrected chi connectivity index (χ1v) is 10.5. The van der Waals surface area contributed by atoms with Crippen LogP contribution in [0.2, 0.25) is 0 Å². The van der Waals surface area contributed by atoms with Gasteiger partial charge in [-0.3, -0.25) is 4.79 Å². The van der Waals surface area contributed by atoms with Crippen LogP contribution >= 0.6 is 11.3 Å². The van der Waals surface area contributed by atoms with Gasteiger partial charge < -0.3 is 14.4 Å². The minimum absolute atomic E-state index is 0.187. The Bertz CT molecular complexity index is 988. The van der Waals surface area contributed by atoms with E-state index in [0.717, 1.165) is 22.0 Å². The number of rotatable bonds is 9. The van der Waals surface area contributed by atoms with Crippen LogP contribution in [-0.2, 0) is 17.9 Å². The van der Waals surface area contributed by atoms with Crippen LogP contribution in [0.25, 0.3) is 0 Å². The van der Waals surface area contributed by atoms with Crippen molar-refractivity contribution in [1.82, 2.24) is 9.88 Å². The largest absolute Gasteiger partial charge is 0.486 e. The molecule has 5 nitrogen and oxygen atoms in total. The predicted octanol–water partition coefficient (Wildman–Crippen LogP) is 4.77. The molecular formula is C23H25FN2O3S. The highest BCUT2D eigenvalue weighted by Crippen LogP contribution is 2.23. The summed E-state index contributed by atoms with van der Waals surface area (Å²) in [5, 5.41) is 2.77. The summed E-state index contributed by atoms with van der Waals surface area (Å²) in [7, 11) is 1.59. The Balaban J connectivity index is 1.66. The van der Waals surface area contributed by atoms with Crippen molar-refractivity contribution in [3.05, 3.63) is 81.1 Å². The van der Waals surface area contributed by atoms with Gasteiger partial charge in [-0.15, -0.1) is 11.3 Å². The Kier molecular flexibility index (Phi) is 7.54. The fourth-order valence-corrected chi connectivity index (χ4v) is 3.63. The molecule has 0 fully saturated rings. The van der Waals surface area contributed by atoms with E-state index in [9.17, 15) is 9.18 Å². The van der Waals surface area contributed by atoms with Gasteiger partial charge in [0.05, 0.1) is 18.8 Å². The number of ether oxygens (including phenoxy) is 2. The Hall–Kier alpha value is -2.77. The molecule has 0 aliphatic heterocycles. The molecule has 0 spiro atoms. The SMILES string of the molecule is COCCN(Cc1csc(COc2cccc(C)c2C)n1)C(=O)c1ccc(F)cc1. The molecule has 0 unspecified atom stereocenters. The molecular weight excluding hydrogens is 403 g/mol. The van der Waals surface area contributed by atoms with Crippen molar-refractivity contribution in [1.29, 1.82) is 0 Å². The molecule has 0 atom stereocenters. The van der Waals surface area contributed by atoms with Crippen molar-refractivity contribution in [3.63, 3.8) is 0 Å². The van der Waals surface area contributed by atoms with Gasteiger partial charge in [0.15, 0.2) is 0 Å². The molecule has 158 valence electrons. The van der Waals surface area contributed by atoms with Crippen LogP contribution in [0.15, 0.2) is 47.8 Å². The van der Waals surface area contributed by atoms with Gasteiger partial charge in [0.2, 0.25) is 0 Å². The van der Waals surface area contributed by atoms with Crippen molar-refractivity contribution in [3.8, 4) is 5.75 Å². The van der Waals surface area contributed by atoms with Gasteiger partial charge >= 0.3 is 0 Å². The van der Waals surface area contributed by atoms with Crippen LogP contribution in [0.5, 0.6) is 5.75 Å². The van der Waals surface area contributed by atoms with Crippen LogP contribution in [0.4, 0.5) is 4.39 Å². The zero-order chi connectivity index (χ0) is 21.5. The zero-order valence-corrected chi connectivity index (χ0v) is 18.2. The van der Waals surface area contributed by atoms with Gasteiger partial charge in [-0.25, -0.2) is 9.37 Å². The number of nitrogens with zero attached hydrogens (tertiary/aromatic N) is 2. The number of aromatic nitrogens is 1. The quantitative estimate of drug-likeness (QED) is 0.493. The molecule has 0 aliphatic carbocycles. The average Bonchev–Trinajstić information content (AvgIpc) is 3.19. The summed E-state index contributed by atoms with van der Waals surface area (Å²) >= 11 is 1.50. The Labute approximate surface area is 180 Å². The molecule has 0 N–H and O–H groups in total. The molecule has 1 aromatic heterocycles. The molecule has 30 heavy (non-hydrogen) atoms. The van der Waals surface area contributed by atoms with E-state index in [1.54, 1.807) is 12.0 Å². The number of hydrogen-bond donors (Lipinski definition) is 0. The monoisotopic (exact) mass is 428 g/mol. The Morgan fingerprint density at radius 3 is 2.67 bits per heavy atom. The summed E-state index contributed by atoms with van der Waals surface area (Å²) in [6.45, 7) is 5.62.